The SMILES string of the molecule is O=C(O)CNc1cc(N2CCc3ccccc3CC2)nc(-c2cccnc2)n1. The predicted molar refractivity (Wildman–Crippen MR) is 107 cm³/mol. The Morgan fingerprint density at radius 2 is 1.82 bits per heavy atom. The zero-order chi connectivity index (χ0) is 19.3. The summed E-state index contributed by atoms with van der Waals surface area (Å²) in [5.41, 5.74) is 3.53. The normalized spacial score (nSPS) is 13.5. The van der Waals surface area contributed by atoms with Crippen LogP contribution in [0.4, 0.5) is 11.6 Å². The highest BCUT2D eigenvalue weighted by Gasteiger charge is 2.17. The second-order valence-electron chi connectivity index (χ2n) is 6.68. The summed E-state index contributed by atoms with van der Waals surface area (Å²) in [6.45, 7) is 1.49. The lowest BCUT2D eigenvalue weighted by Gasteiger charge is -2.22. The molecule has 1 aliphatic rings. The molecule has 7 heteroatoms. The van der Waals surface area contributed by atoms with Crippen molar-refractivity contribution in [2.75, 3.05) is 29.9 Å². The van der Waals surface area contributed by atoms with E-state index in [9.17, 15) is 4.79 Å². The van der Waals surface area contributed by atoms with Crippen LogP contribution in [0.1, 0.15) is 11.1 Å². The average Bonchev–Trinajstić information content (AvgIpc) is 2.95. The molecule has 0 amide bonds. The van der Waals surface area contributed by atoms with Crippen molar-refractivity contribution >= 4 is 17.6 Å². The Morgan fingerprint density at radius 1 is 1.07 bits per heavy atom. The minimum Gasteiger partial charge on any atom is -0.480 e. The van der Waals surface area contributed by atoms with Gasteiger partial charge in [-0.25, -0.2) is 9.97 Å². The van der Waals surface area contributed by atoms with Crippen LogP contribution in [0.2, 0.25) is 0 Å². The van der Waals surface area contributed by atoms with E-state index >= 15 is 0 Å². The number of aromatic nitrogens is 3. The van der Waals surface area contributed by atoms with Crippen molar-refractivity contribution in [1.82, 2.24) is 15.0 Å². The van der Waals surface area contributed by atoms with Gasteiger partial charge in [0.2, 0.25) is 0 Å². The highest BCUT2D eigenvalue weighted by atomic mass is 16.4. The van der Waals surface area contributed by atoms with Crippen molar-refractivity contribution in [3.05, 3.63) is 66.0 Å². The van der Waals surface area contributed by atoms with Gasteiger partial charge in [-0.1, -0.05) is 24.3 Å². The summed E-state index contributed by atoms with van der Waals surface area (Å²) >= 11 is 0. The molecule has 0 radical (unpaired) electrons. The molecule has 3 heterocycles. The highest BCUT2D eigenvalue weighted by Crippen LogP contribution is 2.24. The Bertz CT molecular complexity index is 951. The van der Waals surface area contributed by atoms with Crippen molar-refractivity contribution < 1.29 is 9.90 Å². The second kappa shape index (κ2) is 8.04. The third-order valence-corrected chi connectivity index (χ3v) is 4.80. The second-order valence-corrected chi connectivity index (χ2v) is 6.68. The number of rotatable bonds is 5. The Kier molecular flexibility index (Phi) is 5.14. The summed E-state index contributed by atoms with van der Waals surface area (Å²) < 4.78 is 0. The molecule has 4 rings (SSSR count). The monoisotopic (exact) mass is 375 g/mol. The number of fused-ring (bicyclic) bond motifs is 1. The molecule has 0 unspecified atom stereocenters. The molecule has 1 aromatic carbocycles. The van der Waals surface area contributed by atoms with E-state index in [0.29, 0.717) is 11.6 Å². The van der Waals surface area contributed by atoms with E-state index in [0.717, 1.165) is 37.3 Å². The van der Waals surface area contributed by atoms with Crippen molar-refractivity contribution in [3.8, 4) is 11.4 Å². The molecule has 0 spiro atoms. The van der Waals surface area contributed by atoms with Gasteiger partial charge in [-0.15, -0.1) is 0 Å². The standard InChI is InChI=1S/C21H21N5O2/c27-20(28)14-23-18-12-19(25-21(24-18)17-6-3-9-22-13-17)26-10-7-15-4-1-2-5-16(15)8-11-26/h1-6,9,12-13H,7-8,10-11,14H2,(H,27,28)(H,23,24,25). The number of hydrogen-bond donors (Lipinski definition) is 2. The summed E-state index contributed by atoms with van der Waals surface area (Å²) in [4.78, 5) is 26.6. The number of aliphatic carboxylic acids is 1. The Balaban J connectivity index is 1.65. The number of pyridine rings is 1. The molecule has 0 fully saturated rings. The first-order chi connectivity index (χ1) is 13.7. The number of benzene rings is 1. The lowest BCUT2D eigenvalue weighted by atomic mass is 10.0. The van der Waals surface area contributed by atoms with Gasteiger partial charge in [0.05, 0.1) is 0 Å². The Morgan fingerprint density at radius 3 is 2.46 bits per heavy atom. The molecule has 3 aromatic rings. The molecule has 0 aliphatic carbocycles. The first-order valence-electron chi connectivity index (χ1n) is 9.26. The van der Waals surface area contributed by atoms with Gasteiger partial charge in [0.15, 0.2) is 5.82 Å². The number of carboxylic acid groups (broad SMARTS) is 1. The molecule has 0 saturated heterocycles. The van der Waals surface area contributed by atoms with Gasteiger partial charge in [-0.05, 0) is 36.1 Å². The largest absolute Gasteiger partial charge is 0.480 e. The van der Waals surface area contributed by atoms with E-state index in [1.54, 1.807) is 12.4 Å². The van der Waals surface area contributed by atoms with E-state index in [4.69, 9.17) is 10.1 Å². The maximum atomic E-state index is 11.0. The lowest BCUT2D eigenvalue weighted by molar-refractivity contribution is -0.134. The van der Waals surface area contributed by atoms with Crippen LogP contribution in [0.5, 0.6) is 0 Å². The van der Waals surface area contributed by atoms with Crippen LogP contribution in [-0.4, -0.2) is 45.7 Å². The maximum absolute atomic E-state index is 11.0. The number of nitrogens with zero attached hydrogens (tertiary/aromatic N) is 4. The molecule has 1 aliphatic heterocycles. The minimum absolute atomic E-state index is 0.200. The summed E-state index contributed by atoms with van der Waals surface area (Å²) in [5, 5.41) is 11.9. The fourth-order valence-corrected chi connectivity index (χ4v) is 3.37. The van der Waals surface area contributed by atoms with Gasteiger partial charge in [0.1, 0.15) is 18.2 Å². The van der Waals surface area contributed by atoms with Gasteiger partial charge < -0.3 is 15.3 Å². The van der Waals surface area contributed by atoms with E-state index in [-0.39, 0.29) is 6.54 Å². The fourth-order valence-electron chi connectivity index (χ4n) is 3.37. The van der Waals surface area contributed by atoms with Crippen LogP contribution in [0.3, 0.4) is 0 Å². The summed E-state index contributed by atoms with van der Waals surface area (Å²) in [6.07, 6.45) is 5.29. The van der Waals surface area contributed by atoms with E-state index in [1.165, 1.54) is 11.1 Å². The van der Waals surface area contributed by atoms with Crippen molar-refractivity contribution in [2.45, 2.75) is 12.8 Å². The van der Waals surface area contributed by atoms with Gasteiger partial charge in [-0.2, -0.15) is 0 Å². The molecule has 0 bridgehead atoms. The zero-order valence-electron chi connectivity index (χ0n) is 15.4. The van der Waals surface area contributed by atoms with Crippen molar-refractivity contribution in [1.29, 1.82) is 0 Å². The molecule has 28 heavy (non-hydrogen) atoms. The lowest BCUT2D eigenvalue weighted by Crippen LogP contribution is -2.27. The van der Waals surface area contributed by atoms with Crippen LogP contribution in [0.15, 0.2) is 54.9 Å². The van der Waals surface area contributed by atoms with E-state index in [1.807, 2.05) is 18.2 Å². The topological polar surface area (TPSA) is 91.2 Å². The van der Waals surface area contributed by atoms with Gasteiger partial charge in [-0.3, -0.25) is 9.78 Å². The summed E-state index contributed by atoms with van der Waals surface area (Å²) in [7, 11) is 0. The van der Waals surface area contributed by atoms with Gasteiger partial charge in [0.25, 0.3) is 0 Å². The fraction of sp³-hybridized carbons (Fsp3) is 0.238. The third kappa shape index (κ3) is 4.09. The van der Waals surface area contributed by atoms with Crippen LogP contribution >= 0.6 is 0 Å². The van der Waals surface area contributed by atoms with Crippen LogP contribution in [0.25, 0.3) is 11.4 Å². The molecule has 7 nitrogen and oxygen atoms in total. The van der Waals surface area contributed by atoms with Crippen LogP contribution < -0.4 is 10.2 Å². The Hall–Kier alpha value is -3.48. The summed E-state index contributed by atoms with van der Waals surface area (Å²) in [6, 6.07) is 14.1. The third-order valence-electron chi connectivity index (χ3n) is 4.80. The summed E-state index contributed by atoms with van der Waals surface area (Å²) in [5.74, 6) is 0.871. The number of carboxylic acids is 1. The van der Waals surface area contributed by atoms with Crippen LogP contribution in [-0.2, 0) is 17.6 Å². The number of nitrogens with one attached hydrogen (secondary N) is 1. The molecule has 2 N–H and O–H groups in total. The molecule has 2 aromatic heterocycles. The molecule has 0 atom stereocenters. The first kappa shape index (κ1) is 17.9. The smallest absolute Gasteiger partial charge is 0.322 e. The average molecular weight is 375 g/mol. The Labute approximate surface area is 163 Å². The number of hydrogen-bond acceptors (Lipinski definition) is 6. The van der Waals surface area contributed by atoms with E-state index < -0.39 is 5.97 Å². The molecule has 142 valence electrons. The number of carbonyl (C=O) groups is 1. The van der Waals surface area contributed by atoms with Gasteiger partial charge >= 0.3 is 5.97 Å². The molecular formula is C21H21N5O2. The predicted octanol–water partition coefficient (Wildman–Crippen LogP) is 2.64. The van der Waals surface area contributed by atoms with Crippen molar-refractivity contribution in [3.63, 3.8) is 0 Å². The molecule has 0 saturated carbocycles. The maximum Gasteiger partial charge on any atom is 0.322 e. The quantitative estimate of drug-likeness (QED) is 0.708. The minimum atomic E-state index is -0.937. The van der Waals surface area contributed by atoms with Crippen molar-refractivity contribution in [2.24, 2.45) is 0 Å². The number of anilines is 2. The highest BCUT2D eigenvalue weighted by molar-refractivity contribution is 5.73. The first-order valence-corrected chi connectivity index (χ1v) is 9.26. The van der Waals surface area contributed by atoms with E-state index in [2.05, 4.69) is 44.5 Å². The molecular weight excluding hydrogens is 354 g/mol. The van der Waals surface area contributed by atoms with Gasteiger partial charge in [0, 0.05) is 37.1 Å². The van der Waals surface area contributed by atoms with Crippen LogP contribution in [0, 0.1) is 0 Å². The zero-order valence-corrected chi connectivity index (χ0v) is 15.4.